The molecule has 5 heteroatoms. The van der Waals surface area contributed by atoms with Crippen LogP contribution in [0, 0.1) is 18.3 Å². The van der Waals surface area contributed by atoms with Gasteiger partial charge in [0.15, 0.2) is 0 Å². The molecule has 0 unspecified atom stereocenters. The highest BCUT2D eigenvalue weighted by molar-refractivity contribution is 5.96. The van der Waals surface area contributed by atoms with Gasteiger partial charge in [0.25, 0.3) is 0 Å². The zero-order valence-electron chi connectivity index (χ0n) is 9.61. The lowest BCUT2D eigenvalue weighted by molar-refractivity contribution is 0.415. The number of ether oxygens (including phenoxy) is 1. The second-order valence-electron chi connectivity index (χ2n) is 3.64. The molecule has 17 heavy (non-hydrogen) atoms. The summed E-state index contributed by atoms with van der Waals surface area (Å²) in [5.41, 5.74) is 5.30. The summed E-state index contributed by atoms with van der Waals surface area (Å²) in [7, 11) is 1.59. The van der Waals surface area contributed by atoms with Gasteiger partial charge in [0.05, 0.1) is 23.9 Å². The fourth-order valence-electron chi connectivity index (χ4n) is 1.81. The predicted molar refractivity (Wildman–Crippen MR) is 65.6 cm³/mol. The van der Waals surface area contributed by atoms with Crippen LogP contribution in [0.4, 0.5) is 5.69 Å². The summed E-state index contributed by atoms with van der Waals surface area (Å²) in [5, 5.41) is 9.77. The first-order valence-corrected chi connectivity index (χ1v) is 5.05. The minimum atomic E-state index is 0.410. The van der Waals surface area contributed by atoms with Crippen molar-refractivity contribution in [3.8, 4) is 11.8 Å². The monoisotopic (exact) mass is 228 g/mol. The Labute approximate surface area is 98.8 Å². The van der Waals surface area contributed by atoms with Crippen LogP contribution in [-0.4, -0.2) is 12.1 Å². The molecular weight excluding hydrogens is 216 g/mol. The number of nitrogens with one attached hydrogen (secondary N) is 1. The number of aryl methyl sites for hydroxylation is 1. The molecule has 5 nitrogen and oxygen atoms in total. The number of nitrogens with two attached hydrogens (primary N) is 1. The van der Waals surface area contributed by atoms with Gasteiger partial charge < -0.3 is 10.2 Å². The van der Waals surface area contributed by atoms with E-state index in [1.165, 1.54) is 6.20 Å². The summed E-state index contributed by atoms with van der Waals surface area (Å²) < 4.78 is 5.20. The summed E-state index contributed by atoms with van der Waals surface area (Å²) in [4.78, 5) is 4.26. The van der Waals surface area contributed by atoms with Crippen LogP contribution in [0.1, 0.15) is 11.1 Å². The highest BCUT2D eigenvalue weighted by Gasteiger charge is 2.10. The molecule has 0 atom stereocenters. The van der Waals surface area contributed by atoms with Gasteiger partial charge in [-0.25, -0.2) is 0 Å². The number of nitriles is 1. The number of pyridine rings is 1. The van der Waals surface area contributed by atoms with Crippen LogP contribution in [0.25, 0.3) is 10.9 Å². The van der Waals surface area contributed by atoms with E-state index < -0.39 is 0 Å². The quantitative estimate of drug-likeness (QED) is 0.603. The lowest BCUT2D eigenvalue weighted by Crippen LogP contribution is -2.09. The van der Waals surface area contributed by atoms with Crippen LogP contribution >= 0.6 is 0 Å². The van der Waals surface area contributed by atoms with E-state index >= 15 is 0 Å². The molecule has 0 saturated carbocycles. The number of methoxy groups -OCH3 is 1. The van der Waals surface area contributed by atoms with Gasteiger partial charge >= 0.3 is 0 Å². The van der Waals surface area contributed by atoms with Gasteiger partial charge in [0.1, 0.15) is 11.8 Å². The number of nitrogen functional groups attached to an aromatic ring is 1. The molecule has 86 valence electrons. The lowest BCUT2D eigenvalue weighted by Gasteiger charge is -2.10. The van der Waals surface area contributed by atoms with Gasteiger partial charge in [-0.3, -0.25) is 10.8 Å². The van der Waals surface area contributed by atoms with Crippen molar-refractivity contribution >= 4 is 16.6 Å². The van der Waals surface area contributed by atoms with Crippen LogP contribution in [0.2, 0.25) is 0 Å². The molecule has 1 aromatic heterocycles. The Kier molecular flexibility index (Phi) is 2.81. The summed E-state index contributed by atoms with van der Waals surface area (Å²) in [6, 6.07) is 5.75. The Bertz CT molecular complexity index is 616. The van der Waals surface area contributed by atoms with Crippen molar-refractivity contribution < 1.29 is 4.74 Å². The molecule has 2 rings (SSSR count). The van der Waals surface area contributed by atoms with Gasteiger partial charge in [-0.1, -0.05) is 0 Å². The van der Waals surface area contributed by atoms with E-state index in [0.717, 1.165) is 16.5 Å². The number of fused-ring (bicyclic) bond motifs is 1. The molecule has 0 fully saturated rings. The largest absolute Gasteiger partial charge is 0.497 e. The number of benzene rings is 1. The second-order valence-corrected chi connectivity index (χ2v) is 3.64. The number of hydrazine groups is 1. The molecule has 3 N–H and O–H groups in total. The summed E-state index contributed by atoms with van der Waals surface area (Å²) in [6.45, 7) is 1.93. The maximum atomic E-state index is 8.99. The van der Waals surface area contributed by atoms with Crippen LogP contribution < -0.4 is 16.0 Å². The van der Waals surface area contributed by atoms with E-state index in [1.54, 1.807) is 7.11 Å². The topological polar surface area (TPSA) is 84.0 Å². The fourth-order valence-corrected chi connectivity index (χ4v) is 1.81. The Balaban J connectivity index is 2.87. The van der Waals surface area contributed by atoms with E-state index in [-0.39, 0.29) is 0 Å². The van der Waals surface area contributed by atoms with Gasteiger partial charge in [0, 0.05) is 11.6 Å². The summed E-state index contributed by atoms with van der Waals surface area (Å²) in [5.74, 6) is 6.18. The number of hydrogen-bond donors (Lipinski definition) is 2. The van der Waals surface area contributed by atoms with Crippen molar-refractivity contribution in [2.75, 3.05) is 12.5 Å². The molecule has 1 aromatic carbocycles. The van der Waals surface area contributed by atoms with Crippen LogP contribution in [-0.2, 0) is 0 Å². The van der Waals surface area contributed by atoms with Gasteiger partial charge in [-0.2, -0.15) is 5.26 Å². The normalized spacial score (nSPS) is 10.0. The Morgan fingerprint density at radius 2 is 2.24 bits per heavy atom. The fraction of sp³-hybridized carbons (Fsp3) is 0.167. The number of rotatable bonds is 2. The average Bonchev–Trinajstić information content (AvgIpc) is 2.36. The molecule has 0 radical (unpaired) electrons. The first kappa shape index (κ1) is 11.2. The lowest BCUT2D eigenvalue weighted by atomic mass is 10.1. The second kappa shape index (κ2) is 4.28. The van der Waals surface area contributed by atoms with Gasteiger partial charge in [-0.05, 0) is 24.6 Å². The first-order valence-electron chi connectivity index (χ1n) is 5.05. The minimum absolute atomic E-state index is 0.410. The van der Waals surface area contributed by atoms with E-state index in [4.69, 9.17) is 15.8 Å². The number of hydrogen-bond acceptors (Lipinski definition) is 5. The Hall–Kier alpha value is -2.32. The van der Waals surface area contributed by atoms with Gasteiger partial charge in [-0.15, -0.1) is 0 Å². The molecule has 0 aliphatic heterocycles. The maximum absolute atomic E-state index is 8.99. The zero-order valence-corrected chi connectivity index (χ0v) is 9.61. The first-order chi connectivity index (χ1) is 8.21. The van der Waals surface area contributed by atoms with E-state index in [0.29, 0.717) is 17.0 Å². The van der Waals surface area contributed by atoms with Gasteiger partial charge in [0.2, 0.25) is 0 Å². The van der Waals surface area contributed by atoms with E-state index in [1.807, 2.05) is 25.1 Å². The van der Waals surface area contributed by atoms with Crippen LogP contribution in [0.3, 0.4) is 0 Å². The van der Waals surface area contributed by atoms with Crippen molar-refractivity contribution in [2.24, 2.45) is 5.84 Å². The van der Waals surface area contributed by atoms with Crippen molar-refractivity contribution in [1.29, 1.82) is 5.26 Å². The number of anilines is 1. The average molecular weight is 228 g/mol. The molecule has 0 spiro atoms. The predicted octanol–water partition coefficient (Wildman–Crippen LogP) is 1.71. The molecular formula is C12H12N4O. The molecule has 0 aliphatic rings. The summed E-state index contributed by atoms with van der Waals surface area (Å²) in [6.07, 6.45) is 1.51. The van der Waals surface area contributed by atoms with E-state index in [9.17, 15) is 0 Å². The number of nitrogens with zero attached hydrogens (tertiary/aromatic N) is 2. The van der Waals surface area contributed by atoms with Crippen molar-refractivity contribution in [1.82, 2.24) is 4.98 Å². The third kappa shape index (κ3) is 1.75. The van der Waals surface area contributed by atoms with E-state index in [2.05, 4.69) is 10.4 Å². The number of aromatic nitrogens is 1. The molecule has 0 bridgehead atoms. The molecule has 0 aliphatic carbocycles. The van der Waals surface area contributed by atoms with Crippen molar-refractivity contribution in [3.05, 3.63) is 29.5 Å². The highest BCUT2D eigenvalue weighted by Crippen LogP contribution is 2.30. The molecule has 0 saturated heterocycles. The zero-order chi connectivity index (χ0) is 12.4. The Morgan fingerprint density at radius 1 is 1.47 bits per heavy atom. The standard InChI is InChI=1S/C12H12N4O/c1-7-3-9(17-2)4-10-11(7)15-6-8(5-13)12(10)16-14/h3-4,6H,14H2,1-2H3,(H,15,16). The Morgan fingerprint density at radius 3 is 2.82 bits per heavy atom. The molecule has 1 heterocycles. The molecule has 0 amide bonds. The molecule has 2 aromatic rings. The van der Waals surface area contributed by atoms with Crippen LogP contribution in [0.15, 0.2) is 18.3 Å². The van der Waals surface area contributed by atoms with Crippen molar-refractivity contribution in [2.45, 2.75) is 6.92 Å². The van der Waals surface area contributed by atoms with Crippen LogP contribution in [0.5, 0.6) is 5.75 Å². The third-order valence-corrected chi connectivity index (χ3v) is 2.64. The highest BCUT2D eigenvalue weighted by atomic mass is 16.5. The SMILES string of the molecule is COc1cc(C)c2ncc(C#N)c(NN)c2c1. The summed E-state index contributed by atoms with van der Waals surface area (Å²) >= 11 is 0. The minimum Gasteiger partial charge on any atom is -0.497 e. The smallest absolute Gasteiger partial charge is 0.119 e. The third-order valence-electron chi connectivity index (χ3n) is 2.64. The maximum Gasteiger partial charge on any atom is 0.119 e. The van der Waals surface area contributed by atoms with Crippen molar-refractivity contribution in [3.63, 3.8) is 0 Å².